The summed E-state index contributed by atoms with van der Waals surface area (Å²) in [4.78, 5) is 6.93. The number of nitrogens with zero attached hydrogens (tertiary/aromatic N) is 3. The average Bonchev–Trinajstić information content (AvgIpc) is 2.94. The maximum atomic E-state index is 5.79. The Morgan fingerprint density at radius 1 is 1.43 bits per heavy atom. The lowest BCUT2D eigenvalue weighted by molar-refractivity contribution is -0.0350. The fraction of sp³-hybridized carbons (Fsp3) is 0.867. The molecule has 0 bridgehead atoms. The van der Waals surface area contributed by atoms with Gasteiger partial charge in [0, 0.05) is 25.6 Å². The third kappa shape index (κ3) is 4.49. The van der Waals surface area contributed by atoms with E-state index in [4.69, 9.17) is 9.26 Å². The Hall–Kier alpha value is -0.980. The number of hydrogen-bond acceptors (Lipinski definition) is 6. The van der Waals surface area contributed by atoms with Gasteiger partial charge < -0.3 is 14.6 Å². The van der Waals surface area contributed by atoms with Crippen molar-refractivity contribution in [1.82, 2.24) is 20.4 Å². The first-order valence-corrected chi connectivity index (χ1v) is 7.97. The van der Waals surface area contributed by atoms with Crippen LogP contribution in [0.25, 0.3) is 0 Å². The fourth-order valence-corrected chi connectivity index (χ4v) is 2.72. The van der Waals surface area contributed by atoms with Crippen molar-refractivity contribution in [3.05, 3.63) is 11.7 Å². The highest BCUT2D eigenvalue weighted by atomic mass is 16.5. The summed E-state index contributed by atoms with van der Waals surface area (Å²) in [5, 5.41) is 7.41. The van der Waals surface area contributed by atoms with E-state index < -0.39 is 0 Å². The summed E-state index contributed by atoms with van der Waals surface area (Å²) in [5.74, 6) is 1.90. The van der Waals surface area contributed by atoms with Crippen molar-refractivity contribution in [2.75, 3.05) is 33.3 Å². The van der Waals surface area contributed by atoms with Crippen LogP contribution in [0.2, 0.25) is 0 Å². The lowest BCUT2D eigenvalue weighted by Crippen LogP contribution is -2.39. The summed E-state index contributed by atoms with van der Waals surface area (Å²) in [6, 6.07) is 0.349. The van der Waals surface area contributed by atoms with Gasteiger partial charge in [0.1, 0.15) is 6.10 Å². The molecule has 0 amide bonds. The second-order valence-electron chi connectivity index (χ2n) is 6.05. The molecular formula is C15H28N4O2. The van der Waals surface area contributed by atoms with E-state index in [0.717, 1.165) is 39.1 Å². The third-order valence-electron chi connectivity index (χ3n) is 4.03. The van der Waals surface area contributed by atoms with Crippen LogP contribution in [0.15, 0.2) is 4.52 Å². The van der Waals surface area contributed by atoms with Crippen molar-refractivity contribution < 1.29 is 9.26 Å². The van der Waals surface area contributed by atoms with Crippen molar-refractivity contribution >= 4 is 0 Å². The van der Waals surface area contributed by atoms with Gasteiger partial charge in [-0.05, 0) is 25.9 Å². The van der Waals surface area contributed by atoms with Crippen LogP contribution in [0, 0.1) is 5.92 Å². The van der Waals surface area contributed by atoms with Gasteiger partial charge in [-0.1, -0.05) is 25.9 Å². The Labute approximate surface area is 127 Å². The predicted molar refractivity (Wildman–Crippen MR) is 81.1 cm³/mol. The fourth-order valence-electron chi connectivity index (χ4n) is 2.72. The summed E-state index contributed by atoms with van der Waals surface area (Å²) in [5.41, 5.74) is 0. The van der Waals surface area contributed by atoms with Gasteiger partial charge in [0.15, 0.2) is 0 Å². The molecule has 120 valence electrons. The van der Waals surface area contributed by atoms with Gasteiger partial charge in [-0.15, -0.1) is 0 Å². The van der Waals surface area contributed by atoms with E-state index >= 15 is 0 Å². The number of morpholine rings is 1. The summed E-state index contributed by atoms with van der Waals surface area (Å²) >= 11 is 0. The molecule has 1 aliphatic rings. The topological polar surface area (TPSA) is 63.4 Å². The zero-order valence-corrected chi connectivity index (χ0v) is 13.6. The monoisotopic (exact) mass is 296 g/mol. The van der Waals surface area contributed by atoms with Gasteiger partial charge in [-0.25, -0.2) is 0 Å². The highest BCUT2D eigenvalue weighted by Crippen LogP contribution is 2.20. The van der Waals surface area contributed by atoms with Crippen LogP contribution in [0.3, 0.4) is 0 Å². The molecule has 2 atom stereocenters. The number of rotatable bonds is 7. The maximum Gasteiger partial charge on any atom is 0.228 e. The van der Waals surface area contributed by atoms with Crippen LogP contribution in [0.1, 0.15) is 45.0 Å². The molecule has 2 unspecified atom stereocenters. The molecule has 1 aromatic heterocycles. The van der Waals surface area contributed by atoms with E-state index in [0.29, 0.717) is 23.7 Å². The van der Waals surface area contributed by atoms with Crippen LogP contribution in [-0.2, 0) is 11.2 Å². The molecule has 0 aromatic carbocycles. The quantitative estimate of drug-likeness (QED) is 0.825. The van der Waals surface area contributed by atoms with E-state index in [1.165, 1.54) is 0 Å². The van der Waals surface area contributed by atoms with Crippen molar-refractivity contribution in [3.8, 4) is 0 Å². The van der Waals surface area contributed by atoms with Crippen molar-refractivity contribution in [3.63, 3.8) is 0 Å². The molecule has 1 N–H and O–H groups in total. The van der Waals surface area contributed by atoms with Crippen LogP contribution in [0.4, 0.5) is 0 Å². The van der Waals surface area contributed by atoms with Crippen LogP contribution < -0.4 is 5.32 Å². The molecular weight excluding hydrogens is 268 g/mol. The molecule has 2 rings (SSSR count). The van der Waals surface area contributed by atoms with Gasteiger partial charge in [0.05, 0.1) is 6.61 Å². The molecule has 2 heterocycles. The molecule has 21 heavy (non-hydrogen) atoms. The predicted octanol–water partition coefficient (Wildman–Crippen LogP) is 1.64. The smallest absolute Gasteiger partial charge is 0.228 e. The van der Waals surface area contributed by atoms with Crippen LogP contribution >= 0.6 is 0 Å². The molecule has 1 aliphatic heterocycles. The molecule has 0 saturated carbocycles. The summed E-state index contributed by atoms with van der Waals surface area (Å²) < 4.78 is 11.2. The molecule has 6 nitrogen and oxygen atoms in total. The lowest BCUT2D eigenvalue weighted by atomic mass is 10.0. The SMILES string of the molecule is CCCN1CCOC(c2noc(CC(NC)C(C)C)n2)C1. The number of ether oxygens (including phenoxy) is 1. The van der Waals surface area contributed by atoms with Gasteiger partial charge in [0.25, 0.3) is 0 Å². The van der Waals surface area contributed by atoms with E-state index in [1.54, 1.807) is 0 Å². The van der Waals surface area contributed by atoms with Crippen LogP contribution in [0.5, 0.6) is 0 Å². The van der Waals surface area contributed by atoms with E-state index in [9.17, 15) is 0 Å². The normalized spacial score (nSPS) is 21.9. The second kappa shape index (κ2) is 7.87. The molecule has 1 aromatic rings. The Balaban J connectivity index is 1.95. The van der Waals surface area contributed by atoms with E-state index in [-0.39, 0.29) is 6.10 Å². The largest absolute Gasteiger partial charge is 0.367 e. The average molecular weight is 296 g/mol. The first kappa shape index (κ1) is 16.4. The van der Waals surface area contributed by atoms with Gasteiger partial charge >= 0.3 is 0 Å². The minimum absolute atomic E-state index is 0.0603. The van der Waals surface area contributed by atoms with E-state index in [1.807, 2.05) is 7.05 Å². The van der Waals surface area contributed by atoms with Gasteiger partial charge in [0.2, 0.25) is 11.7 Å². The molecule has 6 heteroatoms. The number of hydrogen-bond donors (Lipinski definition) is 1. The maximum absolute atomic E-state index is 5.79. The molecule has 1 fully saturated rings. The zero-order chi connectivity index (χ0) is 15.2. The highest BCUT2D eigenvalue weighted by molar-refractivity contribution is 4.96. The Morgan fingerprint density at radius 3 is 2.90 bits per heavy atom. The molecule has 1 saturated heterocycles. The van der Waals surface area contributed by atoms with Gasteiger partial charge in [-0.3, -0.25) is 4.90 Å². The molecule has 0 radical (unpaired) electrons. The molecule has 0 spiro atoms. The summed E-state index contributed by atoms with van der Waals surface area (Å²) in [6.45, 7) is 10.2. The molecule has 0 aliphatic carbocycles. The lowest BCUT2D eigenvalue weighted by Gasteiger charge is -2.30. The highest BCUT2D eigenvalue weighted by Gasteiger charge is 2.26. The minimum Gasteiger partial charge on any atom is -0.367 e. The standard InChI is InChI=1S/C15H28N4O2/c1-5-6-19-7-8-20-13(10-19)15-17-14(21-18-15)9-12(16-4)11(2)3/h11-13,16H,5-10H2,1-4H3. The third-order valence-corrected chi connectivity index (χ3v) is 4.03. The Bertz CT molecular complexity index is 420. The first-order valence-electron chi connectivity index (χ1n) is 7.97. The Morgan fingerprint density at radius 2 is 2.24 bits per heavy atom. The van der Waals surface area contributed by atoms with E-state index in [2.05, 4.69) is 41.1 Å². The van der Waals surface area contributed by atoms with Crippen LogP contribution in [-0.4, -0.2) is 54.4 Å². The number of nitrogens with one attached hydrogen (secondary N) is 1. The number of likely N-dealkylation sites (N-methyl/N-ethyl adjacent to an activating group) is 1. The summed E-state index contributed by atoms with van der Waals surface area (Å²) in [7, 11) is 1.97. The minimum atomic E-state index is -0.0603. The van der Waals surface area contributed by atoms with Crippen molar-refractivity contribution in [1.29, 1.82) is 0 Å². The Kier molecular flexibility index (Phi) is 6.14. The second-order valence-corrected chi connectivity index (χ2v) is 6.05. The van der Waals surface area contributed by atoms with Crippen molar-refractivity contribution in [2.24, 2.45) is 5.92 Å². The zero-order valence-electron chi connectivity index (χ0n) is 13.6. The van der Waals surface area contributed by atoms with Gasteiger partial charge in [-0.2, -0.15) is 4.98 Å². The van der Waals surface area contributed by atoms with Crippen molar-refractivity contribution in [2.45, 2.75) is 45.8 Å². The first-order chi connectivity index (χ1) is 10.1. The summed E-state index contributed by atoms with van der Waals surface area (Å²) in [6.07, 6.45) is 1.85. The number of aromatic nitrogens is 2.